The van der Waals surface area contributed by atoms with Crippen LogP contribution in [0.4, 0.5) is 0 Å². The van der Waals surface area contributed by atoms with E-state index in [2.05, 4.69) is 146 Å². The van der Waals surface area contributed by atoms with Gasteiger partial charge in [-0.05, 0) is 90.0 Å². The summed E-state index contributed by atoms with van der Waals surface area (Å²) in [5.74, 6) is 0.603. The Bertz CT molecular complexity index is 2800. The predicted octanol–water partition coefficient (Wildman–Crippen LogP) is 13.0. The molecule has 0 fully saturated rings. The number of rotatable bonds is 6. The Labute approximate surface area is 314 Å². The van der Waals surface area contributed by atoms with Crippen molar-refractivity contribution in [1.29, 1.82) is 5.41 Å². The van der Waals surface area contributed by atoms with E-state index in [1.807, 2.05) is 60.8 Å². The Kier molecular flexibility index (Phi) is 8.72. The minimum Gasteiger partial charge on any atom is -0.282 e. The van der Waals surface area contributed by atoms with Crippen LogP contribution in [0.15, 0.2) is 210 Å². The first-order valence-corrected chi connectivity index (χ1v) is 18.1. The molecular formula is C51H35N3. The van der Waals surface area contributed by atoms with Crippen LogP contribution < -0.4 is 0 Å². The van der Waals surface area contributed by atoms with Crippen LogP contribution in [0.3, 0.4) is 0 Å². The molecule has 0 aliphatic carbocycles. The number of aliphatic imine (C=N–C) groups is 2. The molecule has 9 aromatic carbocycles. The molecule has 9 aromatic rings. The quantitative estimate of drug-likeness (QED) is 0.0782. The van der Waals surface area contributed by atoms with E-state index in [1.165, 1.54) is 16.2 Å². The molecule has 0 aromatic heterocycles. The molecule has 254 valence electrons. The molecule has 1 N–H and O–H groups in total. The van der Waals surface area contributed by atoms with E-state index in [0.717, 1.165) is 60.7 Å². The summed E-state index contributed by atoms with van der Waals surface area (Å²) in [5, 5.41) is 16.2. The maximum Gasteiger partial charge on any atom is 0.161 e. The van der Waals surface area contributed by atoms with Crippen LogP contribution in [0.1, 0.15) is 16.7 Å². The minimum absolute atomic E-state index is 0.141. The zero-order valence-corrected chi connectivity index (χ0v) is 29.5. The normalized spacial score (nSPS) is 11.8. The zero-order valence-electron chi connectivity index (χ0n) is 29.5. The second-order valence-corrected chi connectivity index (χ2v) is 13.4. The van der Waals surface area contributed by atoms with Gasteiger partial charge in [-0.3, -0.25) is 5.41 Å². The van der Waals surface area contributed by atoms with Gasteiger partial charge < -0.3 is 0 Å². The third kappa shape index (κ3) is 6.51. The number of benzene rings is 9. The van der Waals surface area contributed by atoms with E-state index in [0.29, 0.717) is 11.4 Å². The fourth-order valence-corrected chi connectivity index (χ4v) is 7.26. The van der Waals surface area contributed by atoms with Crippen LogP contribution in [0.5, 0.6) is 0 Å². The van der Waals surface area contributed by atoms with Gasteiger partial charge in [-0.25, -0.2) is 9.98 Å². The van der Waals surface area contributed by atoms with Crippen molar-refractivity contribution in [3.8, 4) is 33.4 Å². The first-order valence-electron chi connectivity index (χ1n) is 18.1. The highest BCUT2D eigenvalue weighted by atomic mass is 14.9. The van der Waals surface area contributed by atoms with Gasteiger partial charge in [0.25, 0.3) is 0 Å². The highest BCUT2D eigenvalue weighted by Crippen LogP contribution is 2.34. The van der Waals surface area contributed by atoms with Crippen molar-refractivity contribution in [1.82, 2.24) is 0 Å². The second-order valence-electron chi connectivity index (χ2n) is 13.4. The molecule has 0 aliphatic rings. The molecule has 0 heterocycles. The van der Waals surface area contributed by atoms with Gasteiger partial charge in [0.15, 0.2) is 11.7 Å². The standard InChI is InChI=1S/C51H35N3/c52-50(40-26-24-38(25-27-40)35-14-4-1-5-15-35)54-51(44-31-42(36-16-6-2-7-17-36)30-43(32-44)37-18-8-3-9-19-37)53-34-49-46-23-13-11-21-41(46)33-48-45-22-12-10-20-39(45)28-29-47(48)49/h1-34,52H. The van der Waals surface area contributed by atoms with Crippen LogP contribution in [0.25, 0.3) is 65.7 Å². The van der Waals surface area contributed by atoms with Crippen LogP contribution in [0.2, 0.25) is 0 Å². The molecular weight excluding hydrogens is 655 g/mol. The maximum absolute atomic E-state index is 9.29. The van der Waals surface area contributed by atoms with Gasteiger partial charge in [0.1, 0.15) is 0 Å². The molecule has 54 heavy (non-hydrogen) atoms. The van der Waals surface area contributed by atoms with Crippen molar-refractivity contribution in [2.45, 2.75) is 0 Å². The lowest BCUT2D eigenvalue weighted by molar-refractivity contribution is 1.40. The SMILES string of the molecule is N=C(N=C(N=Cc1c2ccccc2cc2c1ccc1ccccc12)c1cc(-c2ccccc2)cc(-c2ccccc2)c1)c1ccc(-c2ccccc2)cc1. The smallest absolute Gasteiger partial charge is 0.161 e. The monoisotopic (exact) mass is 689 g/mol. The van der Waals surface area contributed by atoms with Crippen molar-refractivity contribution in [2.75, 3.05) is 0 Å². The average molecular weight is 690 g/mol. The van der Waals surface area contributed by atoms with E-state index < -0.39 is 0 Å². The fraction of sp³-hybridized carbons (Fsp3) is 0. The summed E-state index contributed by atoms with van der Waals surface area (Å²) in [6.07, 6.45) is 1.95. The Balaban J connectivity index is 1.23. The maximum atomic E-state index is 9.29. The molecule has 0 bridgehead atoms. The number of nitrogens with one attached hydrogen (secondary N) is 1. The van der Waals surface area contributed by atoms with E-state index in [-0.39, 0.29) is 5.84 Å². The van der Waals surface area contributed by atoms with Crippen LogP contribution in [-0.2, 0) is 0 Å². The lowest BCUT2D eigenvalue weighted by Crippen LogP contribution is -2.06. The number of nitrogens with zero attached hydrogens (tertiary/aromatic N) is 2. The van der Waals surface area contributed by atoms with Gasteiger partial charge in [0, 0.05) is 22.9 Å². The van der Waals surface area contributed by atoms with Crippen molar-refractivity contribution in [3.05, 3.63) is 217 Å². The van der Waals surface area contributed by atoms with E-state index in [9.17, 15) is 5.41 Å². The van der Waals surface area contributed by atoms with Crippen LogP contribution in [0, 0.1) is 5.41 Å². The van der Waals surface area contributed by atoms with Gasteiger partial charge in [-0.15, -0.1) is 0 Å². The molecule has 0 saturated heterocycles. The summed E-state index contributed by atoms with van der Waals surface area (Å²) in [6, 6.07) is 69.2. The highest BCUT2D eigenvalue weighted by Gasteiger charge is 2.14. The van der Waals surface area contributed by atoms with Crippen LogP contribution >= 0.6 is 0 Å². The topological polar surface area (TPSA) is 48.6 Å². The Hall–Kier alpha value is -7.23. The third-order valence-corrected chi connectivity index (χ3v) is 10.0. The summed E-state index contributed by atoms with van der Waals surface area (Å²) < 4.78 is 0. The van der Waals surface area contributed by atoms with Crippen molar-refractivity contribution >= 4 is 50.2 Å². The Morgan fingerprint density at radius 3 is 1.52 bits per heavy atom. The molecule has 0 radical (unpaired) electrons. The molecule has 0 unspecified atom stereocenters. The molecule has 3 nitrogen and oxygen atoms in total. The summed E-state index contributed by atoms with van der Waals surface area (Å²) in [5.41, 5.74) is 9.07. The molecule has 9 rings (SSSR count). The largest absolute Gasteiger partial charge is 0.282 e. The number of hydrogen-bond acceptors (Lipinski definition) is 1. The van der Waals surface area contributed by atoms with Gasteiger partial charge in [0.05, 0.1) is 0 Å². The summed E-state index contributed by atoms with van der Waals surface area (Å²) in [7, 11) is 0. The molecule has 0 spiro atoms. The lowest BCUT2D eigenvalue weighted by Gasteiger charge is -2.13. The highest BCUT2D eigenvalue weighted by molar-refractivity contribution is 6.22. The van der Waals surface area contributed by atoms with E-state index in [1.54, 1.807) is 0 Å². The Morgan fingerprint density at radius 1 is 0.370 bits per heavy atom. The molecule has 0 saturated carbocycles. The predicted molar refractivity (Wildman–Crippen MR) is 229 cm³/mol. The fourth-order valence-electron chi connectivity index (χ4n) is 7.26. The van der Waals surface area contributed by atoms with Gasteiger partial charge in [-0.1, -0.05) is 176 Å². The van der Waals surface area contributed by atoms with Gasteiger partial charge in [0.2, 0.25) is 0 Å². The van der Waals surface area contributed by atoms with Gasteiger partial charge >= 0.3 is 0 Å². The number of fused-ring (bicyclic) bond motifs is 4. The summed E-state index contributed by atoms with van der Waals surface area (Å²) in [4.78, 5) is 10.2. The van der Waals surface area contributed by atoms with Crippen molar-refractivity contribution in [2.24, 2.45) is 9.98 Å². The summed E-state index contributed by atoms with van der Waals surface area (Å²) >= 11 is 0. The first-order chi connectivity index (χ1) is 26.7. The van der Waals surface area contributed by atoms with Gasteiger partial charge in [-0.2, -0.15) is 0 Å². The Morgan fingerprint density at radius 2 is 0.889 bits per heavy atom. The van der Waals surface area contributed by atoms with Crippen molar-refractivity contribution in [3.63, 3.8) is 0 Å². The van der Waals surface area contributed by atoms with E-state index in [4.69, 9.17) is 9.98 Å². The van der Waals surface area contributed by atoms with E-state index >= 15 is 0 Å². The molecule has 0 aliphatic heterocycles. The van der Waals surface area contributed by atoms with Crippen molar-refractivity contribution < 1.29 is 0 Å². The molecule has 0 atom stereocenters. The minimum atomic E-state index is 0.141. The van der Waals surface area contributed by atoms with Crippen LogP contribution in [-0.4, -0.2) is 17.9 Å². The first kappa shape index (κ1) is 32.7. The zero-order chi connectivity index (χ0) is 36.3. The number of amidine groups is 2. The average Bonchev–Trinajstić information content (AvgIpc) is 3.25. The summed E-state index contributed by atoms with van der Waals surface area (Å²) in [6.45, 7) is 0. The second kappa shape index (κ2) is 14.4. The molecule has 3 heteroatoms. The third-order valence-electron chi connectivity index (χ3n) is 10.0. The molecule has 0 amide bonds. The number of hydrogen-bond donors (Lipinski definition) is 1. The lowest BCUT2D eigenvalue weighted by atomic mass is 9.93.